The lowest BCUT2D eigenvalue weighted by molar-refractivity contribution is -0.255. The second-order valence-corrected chi connectivity index (χ2v) is 6.54. The minimum absolute atomic E-state index is 0.0143. The average molecular weight is 409 g/mol. The first-order valence-electron chi connectivity index (χ1n) is 9.31. The third-order valence-corrected chi connectivity index (χ3v) is 4.79. The molecule has 30 heavy (non-hydrogen) atoms. The van der Waals surface area contributed by atoms with Crippen molar-refractivity contribution in [1.29, 1.82) is 0 Å². The van der Waals surface area contributed by atoms with E-state index in [1.165, 1.54) is 29.2 Å². The van der Waals surface area contributed by atoms with Crippen LogP contribution in [0.25, 0.3) is 0 Å². The van der Waals surface area contributed by atoms with Crippen molar-refractivity contribution >= 4 is 23.7 Å². The predicted octanol–water partition coefficient (Wildman–Crippen LogP) is 2.17. The Labute approximate surface area is 173 Å². The smallest absolute Gasteiger partial charge is 0.338 e. The molecule has 0 aliphatic carbocycles. The maximum atomic E-state index is 12.9. The van der Waals surface area contributed by atoms with Gasteiger partial charge in [0, 0.05) is 5.70 Å². The Morgan fingerprint density at radius 1 is 1.10 bits per heavy atom. The van der Waals surface area contributed by atoms with E-state index in [9.17, 15) is 19.5 Å². The molecule has 8 heteroatoms. The number of amides is 2. The number of hydrogen-bond acceptors (Lipinski definition) is 6. The molecule has 8 nitrogen and oxygen atoms in total. The fourth-order valence-corrected chi connectivity index (χ4v) is 3.32. The summed E-state index contributed by atoms with van der Waals surface area (Å²) >= 11 is 0. The highest BCUT2D eigenvalue weighted by atomic mass is 16.5. The van der Waals surface area contributed by atoms with Gasteiger partial charge in [0.05, 0.1) is 37.0 Å². The monoisotopic (exact) mass is 409 g/mol. The van der Waals surface area contributed by atoms with Crippen LogP contribution in [0.1, 0.15) is 35.8 Å². The molecule has 0 spiro atoms. The molecule has 2 aromatic rings. The number of nitrogens with one attached hydrogen (secondary N) is 1. The summed E-state index contributed by atoms with van der Waals surface area (Å²) in [5, 5.41) is 13.8. The van der Waals surface area contributed by atoms with Gasteiger partial charge in [0.1, 0.15) is 5.75 Å². The average Bonchev–Trinajstić information content (AvgIpc) is 2.74. The van der Waals surface area contributed by atoms with Crippen LogP contribution in [0.2, 0.25) is 0 Å². The van der Waals surface area contributed by atoms with Crippen molar-refractivity contribution in [2.75, 3.05) is 18.6 Å². The van der Waals surface area contributed by atoms with Gasteiger partial charge < -0.3 is 24.7 Å². The van der Waals surface area contributed by atoms with Crippen molar-refractivity contribution in [3.8, 4) is 5.75 Å². The zero-order valence-electron chi connectivity index (χ0n) is 16.8. The van der Waals surface area contributed by atoms with Gasteiger partial charge in [-0.05, 0) is 49.2 Å². The number of esters is 1. The van der Waals surface area contributed by atoms with Crippen LogP contribution >= 0.6 is 0 Å². The van der Waals surface area contributed by atoms with Gasteiger partial charge in [0.25, 0.3) is 0 Å². The molecule has 1 heterocycles. The van der Waals surface area contributed by atoms with Crippen molar-refractivity contribution < 1.29 is 29.0 Å². The summed E-state index contributed by atoms with van der Waals surface area (Å²) in [6.07, 6.45) is 0. The molecular formula is C22H21N2O6-. The van der Waals surface area contributed by atoms with Crippen molar-refractivity contribution in [2.45, 2.75) is 19.9 Å². The van der Waals surface area contributed by atoms with E-state index >= 15 is 0 Å². The summed E-state index contributed by atoms with van der Waals surface area (Å²) < 4.78 is 10.4. The topological polar surface area (TPSA) is 108 Å². The van der Waals surface area contributed by atoms with Crippen LogP contribution < -0.4 is 20.1 Å². The lowest BCUT2D eigenvalue weighted by Crippen LogP contribution is -2.48. The molecule has 0 unspecified atom stereocenters. The minimum Gasteiger partial charge on any atom is -0.545 e. The number of carboxylic acids is 1. The second-order valence-electron chi connectivity index (χ2n) is 6.54. The fraction of sp³-hybridized carbons (Fsp3) is 0.227. The van der Waals surface area contributed by atoms with Crippen molar-refractivity contribution in [2.24, 2.45) is 0 Å². The number of anilines is 1. The molecule has 0 bridgehead atoms. The van der Waals surface area contributed by atoms with Gasteiger partial charge in [-0.1, -0.05) is 24.3 Å². The highest BCUT2D eigenvalue weighted by molar-refractivity contribution is 6.03. The Bertz CT molecular complexity index is 995. The molecule has 2 aromatic carbocycles. The lowest BCUT2D eigenvalue weighted by atomic mass is 9.94. The van der Waals surface area contributed by atoms with E-state index in [2.05, 4.69) is 5.32 Å². The number of urea groups is 1. The molecule has 0 saturated carbocycles. The molecule has 0 radical (unpaired) electrons. The summed E-state index contributed by atoms with van der Waals surface area (Å²) in [5.74, 6) is -1.22. The Hall–Kier alpha value is -3.81. The molecule has 1 aliphatic heterocycles. The van der Waals surface area contributed by atoms with Crippen LogP contribution in [-0.2, 0) is 9.53 Å². The number of carbonyl (C=O) groups excluding carboxylic acids is 3. The minimum atomic E-state index is -1.32. The van der Waals surface area contributed by atoms with Gasteiger partial charge in [-0.2, -0.15) is 0 Å². The number of carboxylic acid groups (broad SMARTS) is 1. The van der Waals surface area contributed by atoms with E-state index in [1.807, 2.05) is 0 Å². The summed E-state index contributed by atoms with van der Waals surface area (Å²) in [5.41, 5.74) is 1.76. The molecule has 0 fully saturated rings. The molecule has 2 amide bonds. The van der Waals surface area contributed by atoms with Gasteiger partial charge in [0.2, 0.25) is 0 Å². The van der Waals surface area contributed by atoms with Crippen LogP contribution in [0.5, 0.6) is 5.75 Å². The number of carbonyl (C=O) groups is 3. The largest absolute Gasteiger partial charge is 0.545 e. The molecule has 0 aromatic heterocycles. The summed E-state index contributed by atoms with van der Waals surface area (Å²) in [7, 11) is 1.55. The molecule has 156 valence electrons. The Balaban J connectivity index is 2.07. The van der Waals surface area contributed by atoms with E-state index in [-0.39, 0.29) is 17.7 Å². The fourth-order valence-electron chi connectivity index (χ4n) is 3.32. The van der Waals surface area contributed by atoms with Gasteiger partial charge in [0.15, 0.2) is 0 Å². The molecule has 1 aliphatic rings. The first-order valence-corrected chi connectivity index (χ1v) is 9.31. The van der Waals surface area contributed by atoms with Crippen LogP contribution in [0.15, 0.2) is 59.8 Å². The van der Waals surface area contributed by atoms with E-state index in [0.29, 0.717) is 22.7 Å². The van der Waals surface area contributed by atoms with Gasteiger partial charge >= 0.3 is 12.0 Å². The van der Waals surface area contributed by atoms with Gasteiger partial charge in [-0.3, -0.25) is 4.90 Å². The summed E-state index contributed by atoms with van der Waals surface area (Å²) in [4.78, 5) is 38.0. The number of allylic oxidation sites excluding steroid dienone is 1. The lowest BCUT2D eigenvalue weighted by Gasteiger charge is -2.35. The van der Waals surface area contributed by atoms with Crippen LogP contribution in [0, 0.1) is 0 Å². The Kier molecular flexibility index (Phi) is 6.06. The van der Waals surface area contributed by atoms with E-state index in [4.69, 9.17) is 9.47 Å². The third-order valence-electron chi connectivity index (χ3n) is 4.79. The Morgan fingerprint density at radius 3 is 2.27 bits per heavy atom. The maximum absolute atomic E-state index is 12.9. The quantitative estimate of drug-likeness (QED) is 0.733. The number of benzene rings is 2. The highest BCUT2D eigenvalue weighted by Gasteiger charge is 2.37. The normalized spacial score (nSPS) is 16.2. The molecule has 0 saturated heterocycles. The van der Waals surface area contributed by atoms with Crippen LogP contribution in [0.3, 0.4) is 0 Å². The Morgan fingerprint density at radius 2 is 1.73 bits per heavy atom. The van der Waals surface area contributed by atoms with Gasteiger partial charge in [-0.25, -0.2) is 9.59 Å². The summed E-state index contributed by atoms with van der Waals surface area (Å²) in [6, 6.07) is 11.5. The van der Waals surface area contributed by atoms with Crippen LogP contribution in [0.4, 0.5) is 10.5 Å². The van der Waals surface area contributed by atoms with Gasteiger partial charge in [-0.15, -0.1) is 0 Å². The van der Waals surface area contributed by atoms with Crippen molar-refractivity contribution in [1.82, 2.24) is 5.32 Å². The van der Waals surface area contributed by atoms with Crippen molar-refractivity contribution in [3.05, 3.63) is 70.9 Å². The zero-order valence-corrected chi connectivity index (χ0v) is 16.8. The summed E-state index contributed by atoms with van der Waals surface area (Å²) in [6.45, 7) is 3.53. The zero-order chi connectivity index (χ0) is 21.8. The number of hydrogen-bond donors (Lipinski definition) is 1. The third kappa shape index (κ3) is 3.98. The second kappa shape index (κ2) is 8.69. The molecule has 1 atom stereocenters. The van der Waals surface area contributed by atoms with Crippen molar-refractivity contribution in [3.63, 3.8) is 0 Å². The van der Waals surface area contributed by atoms with E-state index < -0.39 is 24.0 Å². The number of aromatic carboxylic acids is 1. The van der Waals surface area contributed by atoms with E-state index in [0.717, 1.165) is 0 Å². The number of methoxy groups -OCH3 is 1. The first-order chi connectivity index (χ1) is 14.4. The first kappa shape index (κ1) is 20.9. The highest BCUT2D eigenvalue weighted by Crippen LogP contribution is 2.34. The molecule has 1 N–H and O–H groups in total. The van der Waals surface area contributed by atoms with E-state index in [1.54, 1.807) is 45.2 Å². The number of rotatable bonds is 6. The molecular weight excluding hydrogens is 388 g/mol. The predicted molar refractivity (Wildman–Crippen MR) is 107 cm³/mol. The maximum Gasteiger partial charge on any atom is 0.338 e. The molecule has 3 rings (SSSR count). The standard InChI is InChI=1S/C22H22N2O6/c1-4-30-21(27)18-13(2)24(16-9-5-15(6-10-16)20(25)26)22(28)23-19(18)14-7-11-17(29-3)12-8-14/h5-12,19H,4H2,1-3H3,(H,23,28)(H,25,26)/p-1/t19-/m0/s1. The number of ether oxygens (including phenoxy) is 2. The SMILES string of the molecule is CCOC(=O)C1=C(C)N(c2ccc(C(=O)[O-])cc2)C(=O)N[C@H]1c1ccc(OC)cc1. The number of nitrogens with zero attached hydrogens (tertiary/aromatic N) is 1. The van der Waals surface area contributed by atoms with Crippen LogP contribution in [-0.4, -0.2) is 31.7 Å².